The van der Waals surface area contributed by atoms with Crippen molar-refractivity contribution in [3.05, 3.63) is 25.3 Å². The SMILES string of the molecule is C=CCCCCCC[C@@](C)(NC)C(C)=O.C=CCCCCCC[C@](C)(NC)C(C)=O. The van der Waals surface area contributed by atoms with Gasteiger partial charge in [0.05, 0.1) is 11.1 Å². The van der Waals surface area contributed by atoms with Crippen molar-refractivity contribution in [2.24, 2.45) is 0 Å². The van der Waals surface area contributed by atoms with E-state index in [-0.39, 0.29) is 22.6 Å². The van der Waals surface area contributed by atoms with Gasteiger partial charge in [0, 0.05) is 0 Å². The van der Waals surface area contributed by atoms with Crippen LogP contribution < -0.4 is 10.6 Å². The van der Waals surface area contributed by atoms with Gasteiger partial charge >= 0.3 is 0 Å². The van der Waals surface area contributed by atoms with Crippen LogP contribution in [0.25, 0.3) is 0 Å². The van der Waals surface area contributed by atoms with Gasteiger partial charge in [-0.1, -0.05) is 50.7 Å². The van der Waals surface area contributed by atoms with Crippen LogP contribution in [-0.4, -0.2) is 36.7 Å². The van der Waals surface area contributed by atoms with E-state index in [4.69, 9.17) is 0 Å². The first-order chi connectivity index (χ1) is 14.1. The summed E-state index contributed by atoms with van der Waals surface area (Å²) in [7, 11) is 3.72. The molecule has 0 aliphatic carbocycles. The fourth-order valence-corrected chi connectivity index (χ4v) is 3.20. The topological polar surface area (TPSA) is 58.2 Å². The highest BCUT2D eigenvalue weighted by atomic mass is 16.1. The Morgan fingerprint density at radius 3 is 1.20 bits per heavy atom. The van der Waals surface area contributed by atoms with Crippen molar-refractivity contribution in [1.29, 1.82) is 0 Å². The van der Waals surface area contributed by atoms with Crippen molar-refractivity contribution in [3.8, 4) is 0 Å². The van der Waals surface area contributed by atoms with Gasteiger partial charge in [0.25, 0.3) is 0 Å². The van der Waals surface area contributed by atoms with Crippen molar-refractivity contribution < 1.29 is 9.59 Å². The molecule has 0 fully saturated rings. The number of carbonyl (C=O) groups is 2. The molecule has 0 spiro atoms. The van der Waals surface area contributed by atoms with Gasteiger partial charge in [0.1, 0.15) is 11.6 Å². The van der Waals surface area contributed by atoms with E-state index >= 15 is 0 Å². The number of likely N-dealkylation sites (N-methyl/N-ethyl adjacent to an activating group) is 2. The normalized spacial score (nSPS) is 14.6. The molecule has 0 aromatic heterocycles. The molecule has 2 N–H and O–H groups in total. The number of hydrogen-bond donors (Lipinski definition) is 2. The van der Waals surface area contributed by atoms with Crippen molar-refractivity contribution in [1.82, 2.24) is 10.6 Å². The second kappa shape index (κ2) is 18.5. The highest BCUT2D eigenvalue weighted by Crippen LogP contribution is 2.17. The largest absolute Gasteiger partial charge is 0.308 e. The Morgan fingerprint density at radius 2 is 0.967 bits per heavy atom. The minimum absolute atomic E-state index is 0.232. The monoisotopic (exact) mass is 422 g/mol. The highest BCUT2D eigenvalue weighted by Gasteiger charge is 2.27. The first-order valence-electron chi connectivity index (χ1n) is 11.7. The molecule has 0 bridgehead atoms. The summed E-state index contributed by atoms with van der Waals surface area (Å²) in [5, 5.41) is 6.23. The van der Waals surface area contributed by atoms with Crippen LogP contribution in [0.2, 0.25) is 0 Å². The molecule has 0 aromatic rings. The van der Waals surface area contributed by atoms with Crippen molar-refractivity contribution >= 4 is 11.6 Å². The van der Waals surface area contributed by atoms with Crippen molar-refractivity contribution in [2.75, 3.05) is 14.1 Å². The van der Waals surface area contributed by atoms with Crippen LogP contribution >= 0.6 is 0 Å². The summed E-state index contributed by atoms with van der Waals surface area (Å²) in [5.74, 6) is 0.465. The molecule has 0 radical (unpaired) electrons. The fraction of sp³-hybridized carbons (Fsp3) is 0.769. The number of carbonyl (C=O) groups excluding carboxylic acids is 2. The molecule has 0 aromatic carbocycles. The summed E-state index contributed by atoms with van der Waals surface area (Å²) < 4.78 is 0. The third-order valence-corrected chi connectivity index (χ3v) is 6.33. The third kappa shape index (κ3) is 14.7. The van der Waals surface area contributed by atoms with E-state index < -0.39 is 0 Å². The van der Waals surface area contributed by atoms with Crippen LogP contribution in [0.5, 0.6) is 0 Å². The molecule has 0 unspecified atom stereocenters. The van der Waals surface area contributed by atoms with Crippen molar-refractivity contribution in [3.63, 3.8) is 0 Å². The minimum Gasteiger partial charge on any atom is -0.308 e. The maximum absolute atomic E-state index is 11.4. The number of ketones is 2. The lowest BCUT2D eigenvalue weighted by Gasteiger charge is -2.26. The molecule has 176 valence electrons. The van der Waals surface area contributed by atoms with Gasteiger partial charge in [-0.15, -0.1) is 13.2 Å². The molecule has 0 heterocycles. The minimum atomic E-state index is -0.321. The fourth-order valence-electron chi connectivity index (χ4n) is 3.20. The van der Waals surface area contributed by atoms with Gasteiger partial charge in [0.2, 0.25) is 0 Å². The van der Waals surface area contributed by atoms with Crippen LogP contribution in [-0.2, 0) is 9.59 Å². The van der Waals surface area contributed by atoms with Gasteiger partial charge in [-0.2, -0.15) is 0 Å². The predicted molar refractivity (Wildman–Crippen MR) is 132 cm³/mol. The zero-order valence-electron chi connectivity index (χ0n) is 20.9. The molecule has 0 aliphatic rings. The van der Waals surface area contributed by atoms with Crippen LogP contribution in [0.15, 0.2) is 25.3 Å². The molecule has 0 amide bonds. The lowest BCUT2D eigenvalue weighted by molar-refractivity contribution is -0.123. The Bertz CT molecular complexity index is 445. The second-order valence-corrected chi connectivity index (χ2v) is 8.76. The van der Waals surface area contributed by atoms with E-state index in [0.29, 0.717) is 0 Å². The van der Waals surface area contributed by atoms with Crippen LogP contribution in [0.3, 0.4) is 0 Å². The third-order valence-electron chi connectivity index (χ3n) is 6.33. The summed E-state index contributed by atoms with van der Waals surface area (Å²) >= 11 is 0. The Morgan fingerprint density at radius 1 is 0.667 bits per heavy atom. The van der Waals surface area contributed by atoms with Gasteiger partial charge in [-0.3, -0.25) is 9.59 Å². The number of nitrogens with one attached hydrogen (secondary N) is 2. The predicted octanol–water partition coefficient (Wildman–Crippen LogP) is 6.16. The van der Waals surface area contributed by atoms with E-state index in [2.05, 4.69) is 23.8 Å². The molecular formula is C26H50N2O2. The van der Waals surface area contributed by atoms with Gasteiger partial charge in [-0.25, -0.2) is 0 Å². The number of Topliss-reactive ketones (excluding diaryl/α,β-unsaturated/α-hetero) is 2. The summed E-state index contributed by atoms with van der Waals surface area (Å²) in [4.78, 5) is 22.8. The Hall–Kier alpha value is -1.26. The zero-order chi connectivity index (χ0) is 23.5. The van der Waals surface area contributed by atoms with E-state index in [9.17, 15) is 9.59 Å². The van der Waals surface area contributed by atoms with Crippen LogP contribution in [0.4, 0.5) is 0 Å². The smallest absolute Gasteiger partial charge is 0.149 e. The number of unbranched alkanes of at least 4 members (excludes halogenated alkanes) is 8. The van der Waals surface area contributed by atoms with Gasteiger partial charge < -0.3 is 10.6 Å². The van der Waals surface area contributed by atoms with Gasteiger partial charge in [-0.05, 0) is 80.3 Å². The standard InChI is InChI=1S/2C13H25NO/c2*1-5-6-7-8-9-10-11-13(3,14-4)12(2)15/h2*5,14H,1,6-11H2,2-4H3/t2*13-/m10/s1. The molecule has 0 saturated heterocycles. The maximum atomic E-state index is 11.4. The highest BCUT2D eigenvalue weighted by molar-refractivity contribution is 5.85. The zero-order valence-corrected chi connectivity index (χ0v) is 20.9. The summed E-state index contributed by atoms with van der Waals surface area (Å²) in [5.41, 5.74) is -0.642. The Labute approximate surface area is 187 Å². The quantitative estimate of drug-likeness (QED) is 0.205. The first kappa shape index (κ1) is 30.9. The molecule has 4 heteroatoms. The lowest BCUT2D eigenvalue weighted by atomic mass is 9.90. The molecule has 2 atom stereocenters. The number of hydrogen-bond acceptors (Lipinski definition) is 4. The molecular weight excluding hydrogens is 372 g/mol. The summed E-state index contributed by atoms with van der Waals surface area (Å²) in [6.45, 7) is 14.7. The van der Waals surface area contributed by atoms with E-state index in [1.165, 1.54) is 38.5 Å². The average Bonchev–Trinajstić information content (AvgIpc) is 2.72. The van der Waals surface area contributed by atoms with Gasteiger partial charge in [0.15, 0.2) is 0 Å². The van der Waals surface area contributed by atoms with E-state index in [0.717, 1.165) is 38.5 Å². The molecule has 0 aliphatic heterocycles. The Balaban J connectivity index is 0. The molecule has 30 heavy (non-hydrogen) atoms. The maximum Gasteiger partial charge on any atom is 0.149 e. The molecule has 4 nitrogen and oxygen atoms in total. The lowest BCUT2D eigenvalue weighted by Crippen LogP contribution is -2.46. The van der Waals surface area contributed by atoms with Crippen LogP contribution in [0, 0.1) is 0 Å². The number of rotatable bonds is 18. The molecule has 0 saturated carbocycles. The summed E-state index contributed by atoms with van der Waals surface area (Å²) in [6.07, 6.45) is 17.6. The Kier molecular flexibility index (Phi) is 19.1. The molecule has 0 rings (SSSR count). The average molecular weight is 423 g/mol. The first-order valence-corrected chi connectivity index (χ1v) is 11.7. The summed E-state index contributed by atoms with van der Waals surface area (Å²) in [6, 6.07) is 0. The van der Waals surface area contributed by atoms with E-state index in [1.54, 1.807) is 13.8 Å². The van der Waals surface area contributed by atoms with Crippen LogP contribution in [0.1, 0.15) is 105 Å². The van der Waals surface area contributed by atoms with Crippen molar-refractivity contribution in [2.45, 2.75) is 116 Å². The number of allylic oxidation sites excluding steroid dienone is 2. The van der Waals surface area contributed by atoms with E-state index in [1.807, 2.05) is 40.1 Å². The second-order valence-electron chi connectivity index (χ2n) is 8.76.